The zero-order chi connectivity index (χ0) is 22.3. The lowest BCUT2D eigenvalue weighted by molar-refractivity contribution is 0.505. The molecule has 3 aromatic carbocycles. The van der Waals surface area contributed by atoms with Crippen LogP contribution in [0.5, 0.6) is 0 Å². The zero-order valence-electron chi connectivity index (χ0n) is 18.2. The third kappa shape index (κ3) is 3.43. The van der Waals surface area contributed by atoms with Gasteiger partial charge in [-0.05, 0) is 54.7 Å². The highest BCUT2D eigenvalue weighted by Crippen LogP contribution is 2.47. The van der Waals surface area contributed by atoms with Crippen molar-refractivity contribution in [3.63, 3.8) is 0 Å². The molecule has 1 atom stereocenters. The van der Waals surface area contributed by atoms with Gasteiger partial charge >= 0.3 is 0 Å². The molecule has 32 heavy (non-hydrogen) atoms. The van der Waals surface area contributed by atoms with Gasteiger partial charge in [0.2, 0.25) is 0 Å². The summed E-state index contributed by atoms with van der Waals surface area (Å²) in [5, 5.41) is 1.14. The number of rotatable bonds is 5. The van der Waals surface area contributed by atoms with E-state index in [-0.39, 0.29) is 5.92 Å². The van der Waals surface area contributed by atoms with Crippen molar-refractivity contribution in [3.05, 3.63) is 107 Å². The Bertz CT molecular complexity index is 1400. The molecule has 0 unspecified atom stereocenters. The Balaban J connectivity index is 1.68. The summed E-state index contributed by atoms with van der Waals surface area (Å²) in [4.78, 5) is 3.68. The number of likely N-dealkylation sites (N-methyl/N-ethyl adjacent to an activating group) is 1. The van der Waals surface area contributed by atoms with Gasteiger partial charge in [-0.2, -0.15) is 0 Å². The maximum Gasteiger partial charge on any atom is 0.263 e. The maximum absolute atomic E-state index is 13.7. The number of aromatic nitrogens is 1. The normalized spacial score (nSPS) is 16.6. The standard InChI is InChI=1S/C27H26N2O2S/c1-19-12-14-21(15-13-19)32(30,31)29(2)27-22(20-8-4-3-5-9-20)16-17-24(27)25-18-28-26-11-7-6-10-23(25)26/h3-15,18,24,28H,16-17H2,1-2H3/t24-/m0/s1. The number of para-hydroxylation sites is 1. The number of aromatic amines is 1. The summed E-state index contributed by atoms with van der Waals surface area (Å²) < 4.78 is 28.9. The molecule has 0 aliphatic heterocycles. The number of sulfonamides is 1. The summed E-state index contributed by atoms with van der Waals surface area (Å²) in [6.07, 6.45) is 3.74. The van der Waals surface area contributed by atoms with E-state index in [1.54, 1.807) is 19.2 Å². The van der Waals surface area contributed by atoms with Crippen LogP contribution in [0.1, 0.15) is 35.4 Å². The Labute approximate surface area is 189 Å². The number of allylic oxidation sites excluding steroid dienone is 2. The lowest BCUT2D eigenvalue weighted by Crippen LogP contribution is -2.28. The lowest BCUT2D eigenvalue weighted by atomic mass is 9.95. The van der Waals surface area contributed by atoms with Crippen LogP contribution in [0.3, 0.4) is 0 Å². The topological polar surface area (TPSA) is 53.2 Å². The van der Waals surface area contributed by atoms with Crippen molar-refractivity contribution >= 4 is 26.5 Å². The van der Waals surface area contributed by atoms with Crippen molar-refractivity contribution in [2.45, 2.75) is 30.6 Å². The molecular weight excluding hydrogens is 416 g/mol. The van der Waals surface area contributed by atoms with E-state index in [1.165, 1.54) is 4.31 Å². The number of benzene rings is 3. The van der Waals surface area contributed by atoms with Crippen LogP contribution in [0.15, 0.2) is 95.7 Å². The predicted molar refractivity (Wildman–Crippen MR) is 130 cm³/mol. The summed E-state index contributed by atoms with van der Waals surface area (Å²) in [6, 6.07) is 25.4. The van der Waals surface area contributed by atoms with Gasteiger partial charge in [-0.25, -0.2) is 8.42 Å². The molecule has 4 nitrogen and oxygen atoms in total. The molecule has 0 amide bonds. The van der Waals surface area contributed by atoms with Crippen LogP contribution in [0.25, 0.3) is 16.5 Å². The minimum Gasteiger partial charge on any atom is -0.361 e. The van der Waals surface area contributed by atoms with Crippen LogP contribution in [0, 0.1) is 6.92 Å². The molecule has 0 saturated carbocycles. The van der Waals surface area contributed by atoms with Gasteiger partial charge in [0, 0.05) is 35.8 Å². The molecule has 1 N–H and O–H groups in total. The van der Waals surface area contributed by atoms with Gasteiger partial charge in [-0.3, -0.25) is 4.31 Å². The Morgan fingerprint density at radius 1 is 0.906 bits per heavy atom. The molecule has 0 saturated heterocycles. The molecule has 162 valence electrons. The van der Waals surface area contributed by atoms with E-state index in [0.717, 1.165) is 51.7 Å². The smallest absolute Gasteiger partial charge is 0.263 e. The molecule has 0 bridgehead atoms. The number of hydrogen-bond acceptors (Lipinski definition) is 2. The van der Waals surface area contributed by atoms with E-state index < -0.39 is 10.0 Å². The van der Waals surface area contributed by atoms with E-state index in [4.69, 9.17) is 0 Å². The molecular formula is C27H26N2O2S. The predicted octanol–water partition coefficient (Wildman–Crippen LogP) is 6.09. The highest BCUT2D eigenvalue weighted by atomic mass is 32.2. The zero-order valence-corrected chi connectivity index (χ0v) is 19.1. The van der Waals surface area contributed by atoms with Crippen molar-refractivity contribution in [1.82, 2.24) is 9.29 Å². The van der Waals surface area contributed by atoms with Crippen LogP contribution in [-0.4, -0.2) is 24.8 Å². The number of hydrogen-bond donors (Lipinski definition) is 1. The lowest BCUT2D eigenvalue weighted by Gasteiger charge is -2.27. The van der Waals surface area contributed by atoms with Crippen molar-refractivity contribution in [1.29, 1.82) is 0 Å². The second-order valence-corrected chi connectivity index (χ2v) is 10.4. The van der Waals surface area contributed by atoms with Gasteiger partial charge < -0.3 is 4.98 Å². The van der Waals surface area contributed by atoms with Crippen LogP contribution in [0.4, 0.5) is 0 Å². The third-order valence-electron chi connectivity index (χ3n) is 6.46. The fourth-order valence-corrected chi connectivity index (χ4v) is 6.08. The van der Waals surface area contributed by atoms with E-state index >= 15 is 0 Å². The average Bonchev–Trinajstić information content (AvgIpc) is 3.43. The average molecular weight is 443 g/mol. The Hall–Kier alpha value is -3.31. The first kappa shape index (κ1) is 20.6. The van der Waals surface area contributed by atoms with E-state index in [9.17, 15) is 8.42 Å². The van der Waals surface area contributed by atoms with Gasteiger partial charge in [-0.1, -0.05) is 66.2 Å². The van der Waals surface area contributed by atoms with Crippen LogP contribution >= 0.6 is 0 Å². The molecule has 1 aliphatic carbocycles. The van der Waals surface area contributed by atoms with Gasteiger partial charge in [0.05, 0.1) is 4.90 Å². The van der Waals surface area contributed by atoms with E-state index in [1.807, 2.05) is 55.6 Å². The summed E-state index contributed by atoms with van der Waals surface area (Å²) in [6.45, 7) is 1.96. The van der Waals surface area contributed by atoms with Crippen LogP contribution < -0.4 is 0 Å². The third-order valence-corrected chi connectivity index (χ3v) is 8.25. The largest absolute Gasteiger partial charge is 0.361 e. The van der Waals surface area contributed by atoms with Crippen molar-refractivity contribution in [3.8, 4) is 0 Å². The quantitative estimate of drug-likeness (QED) is 0.407. The molecule has 5 heteroatoms. The van der Waals surface area contributed by atoms with Crippen molar-refractivity contribution in [2.24, 2.45) is 0 Å². The number of H-pyrrole nitrogens is 1. The highest BCUT2D eigenvalue weighted by molar-refractivity contribution is 7.89. The van der Waals surface area contributed by atoms with Crippen molar-refractivity contribution in [2.75, 3.05) is 7.05 Å². The second kappa shape index (κ2) is 7.99. The van der Waals surface area contributed by atoms with Crippen LogP contribution in [-0.2, 0) is 10.0 Å². The van der Waals surface area contributed by atoms with E-state index in [2.05, 4.69) is 29.2 Å². The monoisotopic (exact) mass is 442 g/mol. The summed E-state index contributed by atoms with van der Waals surface area (Å²) in [5.41, 5.74) is 6.29. The van der Waals surface area contributed by atoms with Gasteiger partial charge in [0.1, 0.15) is 0 Å². The minimum atomic E-state index is -3.69. The Kier molecular flexibility index (Phi) is 5.14. The van der Waals surface area contributed by atoms with E-state index in [0.29, 0.717) is 4.90 Å². The van der Waals surface area contributed by atoms with Crippen LogP contribution in [0.2, 0.25) is 0 Å². The number of nitrogens with one attached hydrogen (secondary N) is 1. The van der Waals surface area contributed by atoms with Gasteiger partial charge in [0.25, 0.3) is 10.0 Å². The van der Waals surface area contributed by atoms with Gasteiger partial charge in [0.15, 0.2) is 0 Å². The first-order valence-electron chi connectivity index (χ1n) is 10.9. The Morgan fingerprint density at radius 2 is 1.59 bits per heavy atom. The molecule has 4 aromatic rings. The molecule has 0 radical (unpaired) electrons. The number of nitrogens with zero attached hydrogens (tertiary/aromatic N) is 1. The highest BCUT2D eigenvalue weighted by Gasteiger charge is 2.36. The number of fused-ring (bicyclic) bond motifs is 1. The van der Waals surface area contributed by atoms with Gasteiger partial charge in [-0.15, -0.1) is 0 Å². The molecule has 0 spiro atoms. The summed E-state index contributed by atoms with van der Waals surface area (Å²) in [7, 11) is -2.00. The second-order valence-electron chi connectivity index (χ2n) is 8.40. The maximum atomic E-state index is 13.7. The summed E-state index contributed by atoms with van der Waals surface area (Å²) in [5.74, 6) is -0.00780. The first-order chi connectivity index (χ1) is 15.5. The summed E-state index contributed by atoms with van der Waals surface area (Å²) >= 11 is 0. The Morgan fingerprint density at radius 3 is 2.34 bits per heavy atom. The first-order valence-corrected chi connectivity index (χ1v) is 12.3. The SMILES string of the molecule is Cc1ccc(S(=O)(=O)N(C)C2=C(c3ccccc3)CC[C@H]2c2c[nH]c3ccccc23)cc1. The molecule has 1 aliphatic rings. The fourth-order valence-electron chi connectivity index (χ4n) is 4.79. The molecule has 1 heterocycles. The molecule has 1 aromatic heterocycles. The van der Waals surface area contributed by atoms with Crippen molar-refractivity contribution < 1.29 is 8.42 Å². The minimum absolute atomic E-state index is 0.00780. The fraction of sp³-hybridized carbons (Fsp3) is 0.185. The molecule has 0 fully saturated rings. The molecule has 5 rings (SSSR count). The number of aryl methyl sites for hydroxylation is 1.